The van der Waals surface area contributed by atoms with Gasteiger partial charge in [-0.05, 0) is 44.3 Å². The summed E-state index contributed by atoms with van der Waals surface area (Å²) in [5.41, 5.74) is 0.931. The second kappa shape index (κ2) is 6.31. The van der Waals surface area contributed by atoms with Crippen molar-refractivity contribution in [3.63, 3.8) is 0 Å². The third-order valence-corrected chi connectivity index (χ3v) is 3.50. The number of rotatable bonds is 4. The first kappa shape index (κ1) is 13.5. The maximum Gasteiger partial charge on any atom is 0.256 e. The summed E-state index contributed by atoms with van der Waals surface area (Å²) < 4.78 is 6.54. The highest BCUT2D eigenvalue weighted by molar-refractivity contribution is 9.10. The van der Waals surface area contributed by atoms with Crippen LogP contribution in [0.1, 0.15) is 6.42 Å². The largest absolute Gasteiger partial charge is 0.366 e. The van der Waals surface area contributed by atoms with Gasteiger partial charge in [0.15, 0.2) is 0 Å². The molecule has 1 aliphatic rings. The third-order valence-electron chi connectivity index (χ3n) is 2.97. The summed E-state index contributed by atoms with van der Waals surface area (Å²) in [6.07, 6.45) is 0.386. The number of amides is 1. The number of hydrogen-bond acceptors (Lipinski definition) is 3. The lowest BCUT2D eigenvalue weighted by atomic mass is 10.1. The van der Waals surface area contributed by atoms with Crippen LogP contribution in [0.2, 0.25) is 0 Å². The van der Waals surface area contributed by atoms with Gasteiger partial charge >= 0.3 is 0 Å². The molecule has 1 amide bonds. The lowest BCUT2D eigenvalue weighted by Gasteiger charge is -2.32. The molecular weight excluding hydrogens is 296 g/mol. The van der Waals surface area contributed by atoms with Gasteiger partial charge in [0.25, 0.3) is 5.91 Å². The van der Waals surface area contributed by atoms with E-state index >= 15 is 0 Å². The van der Waals surface area contributed by atoms with Crippen LogP contribution in [0.3, 0.4) is 0 Å². The van der Waals surface area contributed by atoms with Crippen molar-refractivity contribution in [3.05, 3.63) is 28.7 Å². The number of carbonyl (C=O) groups is 1. The Bertz CT molecular complexity index is 408. The first-order valence-electron chi connectivity index (χ1n) is 6.05. The number of carbonyl (C=O) groups excluding carboxylic acids is 1. The van der Waals surface area contributed by atoms with Gasteiger partial charge in [-0.2, -0.15) is 0 Å². The Morgan fingerprint density at radius 2 is 2.17 bits per heavy atom. The van der Waals surface area contributed by atoms with Gasteiger partial charge in [-0.15, -0.1) is 0 Å². The Hall–Kier alpha value is -0.910. The molecule has 1 atom stereocenters. The van der Waals surface area contributed by atoms with E-state index in [-0.39, 0.29) is 12.0 Å². The van der Waals surface area contributed by atoms with E-state index in [9.17, 15) is 4.79 Å². The fourth-order valence-electron chi connectivity index (χ4n) is 2.00. The number of benzene rings is 1. The highest BCUT2D eigenvalue weighted by Crippen LogP contribution is 2.22. The third kappa shape index (κ3) is 3.10. The van der Waals surface area contributed by atoms with E-state index in [0.717, 1.165) is 16.7 Å². The summed E-state index contributed by atoms with van der Waals surface area (Å²) in [5.74, 6) is 0.0545. The molecule has 4 nitrogen and oxygen atoms in total. The van der Waals surface area contributed by atoms with Crippen molar-refractivity contribution in [1.29, 1.82) is 0 Å². The lowest BCUT2D eigenvalue weighted by Crippen LogP contribution is -2.48. The normalized spacial score (nSPS) is 20.2. The highest BCUT2D eigenvalue weighted by atomic mass is 79.9. The van der Waals surface area contributed by atoms with Crippen LogP contribution in [0, 0.1) is 0 Å². The van der Waals surface area contributed by atoms with Crippen LogP contribution >= 0.6 is 15.9 Å². The molecule has 0 bridgehead atoms. The van der Waals surface area contributed by atoms with E-state index < -0.39 is 0 Å². The van der Waals surface area contributed by atoms with Crippen molar-refractivity contribution in [2.45, 2.75) is 12.5 Å². The molecule has 0 aromatic heterocycles. The van der Waals surface area contributed by atoms with Gasteiger partial charge < -0.3 is 15.0 Å². The van der Waals surface area contributed by atoms with Gasteiger partial charge in [0.2, 0.25) is 0 Å². The van der Waals surface area contributed by atoms with Crippen molar-refractivity contribution in [1.82, 2.24) is 5.32 Å². The second-order valence-corrected chi connectivity index (χ2v) is 5.13. The quantitative estimate of drug-likeness (QED) is 0.921. The van der Waals surface area contributed by atoms with E-state index in [2.05, 4.69) is 21.2 Å². The van der Waals surface area contributed by atoms with Gasteiger partial charge in [0.1, 0.15) is 6.10 Å². The Balaban J connectivity index is 2.08. The van der Waals surface area contributed by atoms with Gasteiger partial charge in [-0.3, -0.25) is 4.79 Å². The molecule has 1 saturated heterocycles. The molecule has 18 heavy (non-hydrogen) atoms. The summed E-state index contributed by atoms with van der Waals surface area (Å²) in [4.78, 5) is 14.1. The highest BCUT2D eigenvalue weighted by Gasteiger charge is 2.29. The molecule has 1 heterocycles. The van der Waals surface area contributed by atoms with Crippen molar-refractivity contribution in [2.75, 3.05) is 31.6 Å². The molecule has 1 unspecified atom stereocenters. The topological polar surface area (TPSA) is 41.6 Å². The van der Waals surface area contributed by atoms with Crippen LogP contribution < -0.4 is 10.2 Å². The molecule has 1 aromatic carbocycles. The Labute approximate surface area is 115 Å². The summed E-state index contributed by atoms with van der Waals surface area (Å²) in [7, 11) is 1.87. The predicted molar refractivity (Wildman–Crippen MR) is 74.8 cm³/mol. The Morgan fingerprint density at radius 1 is 1.44 bits per heavy atom. The van der Waals surface area contributed by atoms with E-state index in [4.69, 9.17) is 4.74 Å². The monoisotopic (exact) mass is 312 g/mol. The molecule has 2 rings (SSSR count). The molecule has 0 aliphatic carbocycles. The maximum atomic E-state index is 12.3. The van der Waals surface area contributed by atoms with Gasteiger partial charge in [-0.25, -0.2) is 0 Å². The van der Waals surface area contributed by atoms with Gasteiger partial charge in [0.05, 0.1) is 6.61 Å². The summed E-state index contributed by atoms with van der Waals surface area (Å²) >= 11 is 3.39. The average Bonchev–Trinajstić information content (AvgIpc) is 2.39. The fraction of sp³-hybridized carbons (Fsp3) is 0.462. The molecule has 0 saturated carbocycles. The van der Waals surface area contributed by atoms with Crippen LogP contribution in [0.5, 0.6) is 0 Å². The number of ether oxygens (including phenoxy) is 1. The van der Waals surface area contributed by atoms with Crippen molar-refractivity contribution >= 4 is 27.5 Å². The lowest BCUT2D eigenvalue weighted by molar-refractivity contribution is -0.134. The zero-order valence-corrected chi connectivity index (χ0v) is 11.9. The molecule has 1 aromatic rings. The number of anilines is 1. The SMILES string of the molecule is CNCCC1OCCN(c2ccc(Br)cc2)C1=O. The predicted octanol–water partition coefficient (Wildman–Crippen LogP) is 1.79. The molecule has 1 fully saturated rings. The van der Waals surface area contributed by atoms with Crippen LogP contribution in [0.25, 0.3) is 0 Å². The molecule has 0 spiro atoms. The van der Waals surface area contributed by atoms with Crippen LogP contribution in [-0.2, 0) is 9.53 Å². The number of nitrogens with one attached hydrogen (secondary N) is 1. The molecule has 0 radical (unpaired) electrons. The second-order valence-electron chi connectivity index (χ2n) is 4.22. The van der Waals surface area contributed by atoms with E-state index in [1.165, 1.54) is 0 Å². The Morgan fingerprint density at radius 3 is 2.83 bits per heavy atom. The zero-order chi connectivity index (χ0) is 13.0. The summed E-state index contributed by atoms with van der Waals surface area (Å²) in [6, 6.07) is 7.78. The van der Waals surface area contributed by atoms with Crippen LogP contribution in [0.15, 0.2) is 28.7 Å². The smallest absolute Gasteiger partial charge is 0.256 e. The number of morpholine rings is 1. The van der Waals surface area contributed by atoms with E-state index in [1.807, 2.05) is 31.3 Å². The fourth-order valence-corrected chi connectivity index (χ4v) is 2.27. The van der Waals surface area contributed by atoms with Crippen molar-refractivity contribution in [2.24, 2.45) is 0 Å². The first-order valence-corrected chi connectivity index (χ1v) is 6.85. The zero-order valence-electron chi connectivity index (χ0n) is 10.4. The molecule has 5 heteroatoms. The average molecular weight is 313 g/mol. The number of halogens is 1. The minimum atomic E-state index is -0.324. The maximum absolute atomic E-state index is 12.3. The minimum Gasteiger partial charge on any atom is -0.366 e. The molecular formula is C13H17BrN2O2. The van der Waals surface area contributed by atoms with Gasteiger partial charge in [0, 0.05) is 16.7 Å². The van der Waals surface area contributed by atoms with Crippen LogP contribution in [0.4, 0.5) is 5.69 Å². The van der Waals surface area contributed by atoms with E-state index in [1.54, 1.807) is 4.90 Å². The Kier molecular flexibility index (Phi) is 4.74. The van der Waals surface area contributed by atoms with E-state index in [0.29, 0.717) is 19.6 Å². The minimum absolute atomic E-state index is 0.0545. The van der Waals surface area contributed by atoms with Crippen molar-refractivity contribution in [3.8, 4) is 0 Å². The first-order chi connectivity index (χ1) is 8.72. The number of nitrogens with zero attached hydrogens (tertiary/aromatic N) is 1. The molecule has 1 aliphatic heterocycles. The number of hydrogen-bond donors (Lipinski definition) is 1. The van der Waals surface area contributed by atoms with Gasteiger partial charge in [-0.1, -0.05) is 15.9 Å². The summed E-state index contributed by atoms with van der Waals surface area (Å²) in [5, 5.41) is 3.04. The molecule has 1 N–H and O–H groups in total. The summed E-state index contributed by atoms with van der Waals surface area (Å²) in [6.45, 7) is 2.00. The standard InChI is InChI=1S/C13H17BrN2O2/c1-15-7-6-12-13(17)16(8-9-18-12)11-4-2-10(14)3-5-11/h2-5,12,15H,6-9H2,1H3. The van der Waals surface area contributed by atoms with Crippen molar-refractivity contribution < 1.29 is 9.53 Å². The molecule has 98 valence electrons. The van der Waals surface area contributed by atoms with Crippen LogP contribution in [-0.4, -0.2) is 38.8 Å².